The molecule has 1 aromatic heterocycles. The van der Waals surface area contributed by atoms with Gasteiger partial charge >= 0.3 is 5.97 Å². The summed E-state index contributed by atoms with van der Waals surface area (Å²) in [4.78, 5) is 15.0. The summed E-state index contributed by atoms with van der Waals surface area (Å²) in [5.41, 5.74) is -0.128. The van der Waals surface area contributed by atoms with Gasteiger partial charge in [-0.05, 0) is 24.3 Å². The van der Waals surface area contributed by atoms with E-state index in [1.54, 1.807) is 24.3 Å². The molecular formula is C16H10ClNO3. The zero-order chi connectivity index (χ0) is 14.8. The van der Waals surface area contributed by atoms with Gasteiger partial charge in [-0.1, -0.05) is 35.9 Å². The third-order valence-electron chi connectivity index (χ3n) is 3.02. The third-order valence-corrected chi connectivity index (χ3v) is 3.35. The zero-order valence-corrected chi connectivity index (χ0v) is 11.5. The highest BCUT2D eigenvalue weighted by atomic mass is 35.5. The minimum absolute atomic E-state index is 0.128. The molecule has 2 aromatic carbocycles. The van der Waals surface area contributed by atoms with Crippen molar-refractivity contribution in [2.45, 2.75) is 0 Å². The molecule has 1 N–H and O–H groups in total. The summed E-state index contributed by atoms with van der Waals surface area (Å²) in [6.07, 6.45) is 1.41. The second kappa shape index (κ2) is 5.42. The normalized spacial score (nSPS) is 10.5. The number of carboxylic acids is 1. The Balaban J connectivity index is 2.11. The van der Waals surface area contributed by atoms with Crippen molar-refractivity contribution in [3.8, 4) is 11.5 Å². The Labute approximate surface area is 125 Å². The first kappa shape index (κ1) is 13.4. The molecule has 3 aromatic rings. The van der Waals surface area contributed by atoms with Crippen LogP contribution in [0.25, 0.3) is 10.8 Å². The van der Waals surface area contributed by atoms with Crippen LogP contribution < -0.4 is 4.74 Å². The van der Waals surface area contributed by atoms with Gasteiger partial charge in [0.1, 0.15) is 5.75 Å². The number of aromatic carboxylic acids is 1. The number of rotatable bonds is 3. The Morgan fingerprint density at radius 1 is 1.00 bits per heavy atom. The van der Waals surface area contributed by atoms with E-state index in [0.717, 1.165) is 10.8 Å². The molecule has 0 aliphatic carbocycles. The van der Waals surface area contributed by atoms with Gasteiger partial charge in [-0.3, -0.25) is 0 Å². The maximum atomic E-state index is 11.2. The largest absolute Gasteiger partial charge is 0.476 e. The molecule has 0 atom stereocenters. The number of carbonyl (C=O) groups is 1. The van der Waals surface area contributed by atoms with Crippen molar-refractivity contribution in [1.82, 2.24) is 4.98 Å². The van der Waals surface area contributed by atoms with E-state index < -0.39 is 5.97 Å². The Morgan fingerprint density at radius 3 is 2.52 bits per heavy atom. The number of pyridine rings is 1. The molecule has 1 heterocycles. The Kier molecular flexibility index (Phi) is 3.46. The van der Waals surface area contributed by atoms with Crippen LogP contribution in [0.2, 0.25) is 5.02 Å². The smallest absolute Gasteiger partial charge is 0.358 e. The monoisotopic (exact) mass is 299 g/mol. The van der Waals surface area contributed by atoms with Crippen molar-refractivity contribution in [3.05, 3.63) is 65.4 Å². The van der Waals surface area contributed by atoms with Crippen molar-refractivity contribution >= 4 is 28.3 Å². The number of nitrogens with zero attached hydrogens (tertiary/aromatic N) is 1. The molecule has 5 heteroatoms. The summed E-state index contributed by atoms with van der Waals surface area (Å²) in [6, 6.07) is 14.1. The average Bonchev–Trinajstić information content (AvgIpc) is 2.51. The summed E-state index contributed by atoms with van der Waals surface area (Å²) in [6.45, 7) is 0. The molecule has 0 unspecified atom stereocenters. The van der Waals surface area contributed by atoms with Crippen LogP contribution in [-0.2, 0) is 0 Å². The van der Waals surface area contributed by atoms with Crippen LogP contribution >= 0.6 is 11.6 Å². The fourth-order valence-corrected chi connectivity index (χ4v) is 2.30. The van der Waals surface area contributed by atoms with E-state index in [9.17, 15) is 4.79 Å². The Morgan fingerprint density at radius 2 is 1.76 bits per heavy atom. The van der Waals surface area contributed by atoms with Crippen molar-refractivity contribution in [2.75, 3.05) is 0 Å². The fourth-order valence-electron chi connectivity index (χ4n) is 2.08. The molecule has 0 fully saturated rings. The van der Waals surface area contributed by atoms with Gasteiger partial charge in [0, 0.05) is 22.0 Å². The predicted octanol–water partition coefficient (Wildman–Crippen LogP) is 4.38. The second-order valence-corrected chi connectivity index (χ2v) is 4.76. The number of carboxylic acid groups (broad SMARTS) is 1. The van der Waals surface area contributed by atoms with Gasteiger partial charge in [0.2, 0.25) is 0 Å². The molecule has 0 saturated heterocycles. The number of hydrogen-bond acceptors (Lipinski definition) is 3. The Hall–Kier alpha value is -2.59. The average molecular weight is 300 g/mol. The summed E-state index contributed by atoms with van der Waals surface area (Å²) >= 11 is 6.15. The summed E-state index contributed by atoms with van der Waals surface area (Å²) < 4.78 is 5.74. The Bertz CT molecular complexity index is 833. The number of aromatic nitrogens is 1. The number of fused-ring (bicyclic) bond motifs is 1. The molecule has 0 aliphatic rings. The molecule has 3 rings (SSSR count). The van der Waals surface area contributed by atoms with Crippen LogP contribution in [0.15, 0.2) is 54.7 Å². The predicted molar refractivity (Wildman–Crippen MR) is 80.2 cm³/mol. The minimum atomic E-state index is -1.14. The molecule has 0 spiro atoms. The van der Waals surface area contributed by atoms with E-state index in [1.165, 1.54) is 6.20 Å². The first-order chi connectivity index (χ1) is 10.2. The lowest BCUT2D eigenvalue weighted by Crippen LogP contribution is -2.02. The summed E-state index contributed by atoms with van der Waals surface area (Å²) in [7, 11) is 0. The highest BCUT2D eigenvalue weighted by Crippen LogP contribution is 2.34. The van der Waals surface area contributed by atoms with E-state index in [-0.39, 0.29) is 11.4 Å². The van der Waals surface area contributed by atoms with E-state index in [1.807, 2.05) is 24.3 Å². The van der Waals surface area contributed by atoms with Crippen molar-refractivity contribution in [1.29, 1.82) is 0 Å². The lowest BCUT2D eigenvalue weighted by atomic mass is 10.1. The standard InChI is InChI=1S/C16H10ClNO3/c17-12-7-8-13(11-5-2-1-4-10(11)12)21-14-6-3-9-18-15(14)16(19)20/h1-9H,(H,19,20). The van der Waals surface area contributed by atoms with Crippen LogP contribution in [0, 0.1) is 0 Å². The van der Waals surface area contributed by atoms with E-state index in [0.29, 0.717) is 10.8 Å². The maximum absolute atomic E-state index is 11.2. The van der Waals surface area contributed by atoms with Gasteiger partial charge in [0.25, 0.3) is 0 Å². The van der Waals surface area contributed by atoms with E-state index in [4.69, 9.17) is 21.4 Å². The summed E-state index contributed by atoms with van der Waals surface area (Å²) in [5.74, 6) is -0.410. The van der Waals surface area contributed by atoms with Gasteiger partial charge in [-0.25, -0.2) is 9.78 Å². The zero-order valence-electron chi connectivity index (χ0n) is 10.8. The van der Waals surface area contributed by atoms with Crippen LogP contribution in [0.5, 0.6) is 11.5 Å². The number of halogens is 1. The van der Waals surface area contributed by atoms with Crippen molar-refractivity contribution < 1.29 is 14.6 Å². The maximum Gasteiger partial charge on any atom is 0.358 e. The molecular weight excluding hydrogens is 290 g/mol. The molecule has 0 radical (unpaired) electrons. The lowest BCUT2D eigenvalue weighted by Gasteiger charge is -2.11. The van der Waals surface area contributed by atoms with Crippen LogP contribution in [0.4, 0.5) is 0 Å². The van der Waals surface area contributed by atoms with Crippen molar-refractivity contribution in [2.24, 2.45) is 0 Å². The van der Waals surface area contributed by atoms with Gasteiger partial charge in [0.15, 0.2) is 11.4 Å². The van der Waals surface area contributed by atoms with Crippen LogP contribution in [0.3, 0.4) is 0 Å². The topological polar surface area (TPSA) is 59.4 Å². The van der Waals surface area contributed by atoms with Gasteiger partial charge in [0.05, 0.1) is 0 Å². The molecule has 104 valence electrons. The van der Waals surface area contributed by atoms with Gasteiger partial charge in [-0.15, -0.1) is 0 Å². The highest BCUT2D eigenvalue weighted by Gasteiger charge is 2.14. The number of benzene rings is 2. The minimum Gasteiger partial charge on any atom is -0.476 e. The molecule has 21 heavy (non-hydrogen) atoms. The lowest BCUT2D eigenvalue weighted by molar-refractivity contribution is 0.0687. The van der Waals surface area contributed by atoms with E-state index >= 15 is 0 Å². The number of ether oxygens (including phenoxy) is 1. The number of hydrogen-bond donors (Lipinski definition) is 1. The van der Waals surface area contributed by atoms with E-state index in [2.05, 4.69) is 4.98 Å². The first-order valence-corrected chi connectivity index (χ1v) is 6.58. The SMILES string of the molecule is O=C(O)c1ncccc1Oc1ccc(Cl)c2ccccc12. The molecule has 4 nitrogen and oxygen atoms in total. The molecule has 0 aliphatic heterocycles. The third kappa shape index (κ3) is 2.53. The second-order valence-electron chi connectivity index (χ2n) is 4.35. The van der Waals surface area contributed by atoms with Gasteiger partial charge in [-0.2, -0.15) is 0 Å². The molecule has 0 bridgehead atoms. The van der Waals surface area contributed by atoms with Gasteiger partial charge < -0.3 is 9.84 Å². The fraction of sp³-hybridized carbons (Fsp3) is 0. The molecule has 0 saturated carbocycles. The first-order valence-electron chi connectivity index (χ1n) is 6.20. The molecule has 0 amide bonds. The highest BCUT2D eigenvalue weighted by molar-refractivity contribution is 6.35. The van der Waals surface area contributed by atoms with Crippen molar-refractivity contribution in [3.63, 3.8) is 0 Å². The van der Waals surface area contributed by atoms with Crippen LogP contribution in [0.1, 0.15) is 10.5 Å². The quantitative estimate of drug-likeness (QED) is 0.779. The van der Waals surface area contributed by atoms with Crippen LogP contribution in [-0.4, -0.2) is 16.1 Å². The summed E-state index contributed by atoms with van der Waals surface area (Å²) in [5, 5.41) is 11.4.